The van der Waals surface area contributed by atoms with Crippen LogP contribution in [0.2, 0.25) is 0 Å². The molecule has 0 radical (unpaired) electrons. The molecule has 3 N–H and O–H groups in total. The van der Waals surface area contributed by atoms with Crippen LogP contribution in [0.15, 0.2) is 47.5 Å². The molecule has 1 aromatic carbocycles. The average Bonchev–Trinajstić information content (AvgIpc) is 3.12. The van der Waals surface area contributed by atoms with Gasteiger partial charge >= 0.3 is 0 Å². The predicted octanol–water partition coefficient (Wildman–Crippen LogP) is 3.05. The number of nitrogens with zero attached hydrogens (tertiary/aromatic N) is 1. The highest BCUT2D eigenvalue weighted by molar-refractivity contribution is 7.92. The molecule has 0 aliphatic heterocycles. The van der Waals surface area contributed by atoms with E-state index >= 15 is 0 Å². The maximum atomic E-state index is 12.5. The van der Waals surface area contributed by atoms with Crippen molar-refractivity contribution in [2.45, 2.75) is 35.8 Å². The molecule has 1 saturated carbocycles. The van der Waals surface area contributed by atoms with Gasteiger partial charge in [-0.05, 0) is 49.2 Å². The number of nitrogen functional groups attached to an aromatic ring is 1. The van der Waals surface area contributed by atoms with Gasteiger partial charge in [0.25, 0.3) is 5.91 Å². The minimum absolute atomic E-state index is 0. The van der Waals surface area contributed by atoms with Gasteiger partial charge < -0.3 is 11.1 Å². The molecule has 1 aliphatic carbocycles. The van der Waals surface area contributed by atoms with Gasteiger partial charge in [0.15, 0.2) is 9.84 Å². The Kier molecular flexibility index (Phi) is 6.02. The monoisotopic (exact) mass is 381 g/mol. The van der Waals surface area contributed by atoms with Gasteiger partial charge in [-0.25, -0.2) is 13.4 Å². The molecule has 0 saturated heterocycles. The Hall–Kier alpha value is -2.12. The highest BCUT2D eigenvalue weighted by Crippen LogP contribution is 2.29. The molecule has 0 atom stereocenters. The van der Waals surface area contributed by atoms with Crippen LogP contribution in [-0.2, 0) is 9.84 Å². The summed E-state index contributed by atoms with van der Waals surface area (Å²) in [4.78, 5) is 16.4. The van der Waals surface area contributed by atoms with Crippen molar-refractivity contribution in [3.05, 3.63) is 48.2 Å². The smallest absolute Gasteiger partial charge is 0.255 e. The molecule has 0 unspecified atom stereocenters. The van der Waals surface area contributed by atoms with Crippen LogP contribution in [0, 0.1) is 0 Å². The van der Waals surface area contributed by atoms with Gasteiger partial charge in [0.1, 0.15) is 5.82 Å². The van der Waals surface area contributed by atoms with E-state index in [-0.39, 0.29) is 28.5 Å². The van der Waals surface area contributed by atoms with Crippen molar-refractivity contribution in [2.24, 2.45) is 0 Å². The minimum Gasteiger partial charge on any atom is -0.384 e. The number of carbonyl (C=O) groups excluding carboxylic acids is 1. The fourth-order valence-electron chi connectivity index (χ4n) is 2.87. The number of hydrogen-bond donors (Lipinski definition) is 2. The molecular formula is C17H20ClN3O3S. The highest BCUT2D eigenvalue weighted by atomic mass is 35.5. The van der Waals surface area contributed by atoms with E-state index in [0.717, 1.165) is 12.8 Å². The minimum atomic E-state index is -3.30. The summed E-state index contributed by atoms with van der Waals surface area (Å²) in [5, 5.41) is 2.40. The largest absolute Gasteiger partial charge is 0.384 e. The van der Waals surface area contributed by atoms with Crippen molar-refractivity contribution < 1.29 is 13.2 Å². The first-order chi connectivity index (χ1) is 11.5. The lowest BCUT2D eigenvalue weighted by Crippen LogP contribution is -2.18. The van der Waals surface area contributed by atoms with Crippen molar-refractivity contribution in [1.82, 2.24) is 4.98 Å². The summed E-state index contributed by atoms with van der Waals surface area (Å²) in [6.07, 6.45) is 4.82. The van der Waals surface area contributed by atoms with E-state index in [0.29, 0.717) is 29.9 Å². The molecule has 25 heavy (non-hydrogen) atoms. The number of hydrogen-bond acceptors (Lipinski definition) is 5. The Labute approximate surface area is 153 Å². The summed E-state index contributed by atoms with van der Waals surface area (Å²) >= 11 is 0. The van der Waals surface area contributed by atoms with Crippen LogP contribution in [0.4, 0.5) is 11.5 Å². The third kappa shape index (κ3) is 4.29. The first-order valence-corrected chi connectivity index (χ1v) is 9.38. The fourth-order valence-corrected chi connectivity index (χ4v) is 4.72. The van der Waals surface area contributed by atoms with Crippen molar-refractivity contribution in [3.63, 3.8) is 0 Å². The van der Waals surface area contributed by atoms with Gasteiger partial charge in [0, 0.05) is 5.56 Å². The third-order valence-electron chi connectivity index (χ3n) is 4.23. The summed E-state index contributed by atoms with van der Waals surface area (Å²) in [6.45, 7) is 0. The summed E-state index contributed by atoms with van der Waals surface area (Å²) in [5.41, 5.74) is 6.41. The van der Waals surface area contributed by atoms with E-state index in [4.69, 9.17) is 5.73 Å². The molecule has 1 aliphatic rings. The molecule has 8 heteroatoms. The quantitative estimate of drug-likeness (QED) is 0.847. The molecule has 0 spiro atoms. The second kappa shape index (κ2) is 7.84. The topological polar surface area (TPSA) is 102 Å². The predicted molar refractivity (Wildman–Crippen MR) is 99.7 cm³/mol. The second-order valence-electron chi connectivity index (χ2n) is 5.90. The number of benzene rings is 1. The molecule has 6 nitrogen and oxygen atoms in total. The molecule has 1 amide bonds. The van der Waals surface area contributed by atoms with E-state index in [1.165, 1.54) is 30.5 Å². The van der Waals surface area contributed by atoms with Gasteiger partial charge in [-0.3, -0.25) is 4.79 Å². The zero-order valence-corrected chi connectivity index (χ0v) is 15.1. The van der Waals surface area contributed by atoms with E-state index in [9.17, 15) is 13.2 Å². The van der Waals surface area contributed by atoms with Gasteiger partial charge in [-0.2, -0.15) is 0 Å². The zero-order valence-electron chi connectivity index (χ0n) is 13.5. The Bertz CT molecular complexity index is 830. The van der Waals surface area contributed by atoms with E-state index in [2.05, 4.69) is 10.3 Å². The zero-order chi connectivity index (χ0) is 17.2. The van der Waals surface area contributed by atoms with Gasteiger partial charge in [0.2, 0.25) is 0 Å². The summed E-state index contributed by atoms with van der Waals surface area (Å²) in [6, 6.07) is 9.31. The van der Waals surface area contributed by atoms with Crippen LogP contribution in [0.1, 0.15) is 36.0 Å². The molecule has 134 valence electrons. The standard InChI is InChI=1S/C17H19N3O3S.ClH/c18-16-10-7-13(11-19-16)20-17(21)12-5-8-15(9-6-12)24(22,23)14-3-1-2-4-14;/h5-11,14H,1-4H2,(H2,18,19)(H,20,21);1H. The number of pyridine rings is 1. The molecule has 1 fully saturated rings. The number of sulfone groups is 1. The van der Waals surface area contributed by atoms with Crippen LogP contribution >= 0.6 is 12.4 Å². The van der Waals surface area contributed by atoms with Crippen molar-refractivity contribution >= 4 is 39.7 Å². The lowest BCUT2D eigenvalue weighted by atomic mass is 10.2. The summed E-state index contributed by atoms with van der Waals surface area (Å²) in [5.74, 6) is 0.0425. The molecule has 0 bridgehead atoms. The lowest BCUT2D eigenvalue weighted by molar-refractivity contribution is 0.102. The molecule has 1 heterocycles. The maximum absolute atomic E-state index is 12.5. The number of nitrogens with two attached hydrogens (primary N) is 1. The number of nitrogens with one attached hydrogen (secondary N) is 1. The molecule has 3 rings (SSSR count). The number of halogens is 1. The van der Waals surface area contributed by atoms with E-state index in [1.807, 2.05) is 0 Å². The van der Waals surface area contributed by atoms with Crippen LogP contribution < -0.4 is 11.1 Å². The van der Waals surface area contributed by atoms with Crippen molar-refractivity contribution in [3.8, 4) is 0 Å². The Morgan fingerprint density at radius 1 is 1.08 bits per heavy atom. The number of aromatic nitrogens is 1. The van der Waals surface area contributed by atoms with Crippen LogP contribution in [-0.4, -0.2) is 24.6 Å². The second-order valence-corrected chi connectivity index (χ2v) is 8.13. The number of carbonyl (C=O) groups is 1. The van der Waals surface area contributed by atoms with E-state index < -0.39 is 9.84 Å². The first-order valence-electron chi connectivity index (χ1n) is 7.83. The van der Waals surface area contributed by atoms with Crippen LogP contribution in [0.3, 0.4) is 0 Å². The summed E-state index contributed by atoms with van der Waals surface area (Å²) < 4.78 is 25.0. The highest BCUT2D eigenvalue weighted by Gasteiger charge is 2.30. The van der Waals surface area contributed by atoms with Crippen molar-refractivity contribution in [2.75, 3.05) is 11.1 Å². The molecule has 2 aromatic rings. The normalized spacial score (nSPS) is 14.7. The molecule has 1 aromatic heterocycles. The Morgan fingerprint density at radius 2 is 1.72 bits per heavy atom. The number of rotatable bonds is 4. The van der Waals surface area contributed by atoms with Crippen molar-refractivity contribution in [1.29, 1.82) is 0 Å². The molecular weight excluding hydrogens is 362 g/mol. The average molecular weight is 382 g/mol. The summed E-state index contributed by atoms with van der Waals surface area (Å²) in [7, 11) is -3.30. The SMILES string of the molecule is Cl.Nc1ccc(NC(=O)c2ccc(S(=O)(=O)C3CCCC3)cc2)cn1. The first kappa shape index (κ1) is 19.2. The maximum Gasteiger partial charge on any atom is 0.255 e. The Balaban J connectivity index is 0.00000225. The Morgan fingerprint density at radius 3 is 2.28 bits per heavy atom. The van der Waals surface area contributed by atoms with Gasteiger partial charge in [0.05, 0.1) is 22.0 Å². The van der Waals surface area contributed by atoms with Crippen LogP contribution in [0.5, 0.6) is 0 Å². The fraction of sp³-hybridized carbons (Fsp3) is 0.294. The van der Waals surface area contributed by atoms with Crippen LogP contribution in [0.25, 0.3) is 0 Å². The number of amides is 1. The van der Waals surface area contributed by atoms with Gasteiger partial charge in [-0.1, -0.05) is 12.8 Å². The number of anilines is 2. The third-order valence-corrected chi connectivity index (χ3v) is 6.51. The lowest BCUT2D eigenvalue weighted by Gasteiger charge is -2.11. The van der Waals surface area contributed by atoms with Gasteiger partial charge in [-0.15, -0.1) is 12.4 Å². The van der Waals surface area contributed by atoms with E-state index in [1.54, 1.807) is 12.1 Å².